The van der Waals surface area contributed by atoms with Gasteiger partial charge in [0.05, 0.1) is 12.0 Å². The van der Waals surface area contributed by atoms with E-state index in [9.17, 15) is 19.1 Å². The lowest BCUT2D eigenvalue weighted by Crippen LogP contribution is -2.43. The number of likely N-dealkylation sites (tertiary alicyclic amines) is 1. The van der Waals surface area contributed by atoms with Crippen LogP contribution in [0.3, 0.4) is 0 Å². The lowest BCUT2D eigenvalue weighted by Gasteiger charge is -2.35. The van der Waals surface area contributed by atoms with E-state index in [-0.39, 0.29) is 23.6 Å². The number of carbonyl (C=O) groups is 2. The molecule has 1 unspecified atom stereocenters. The standard InChI is InChI=1S/C20H22FN3O4/c21-15-3-1-2-4-17(15)24-11-7-16(22-24)19(25)23-9-5-13(6-10-23)18-14(20(26)27)8-12-28-18/h1-4,7,11,13-14,18H,5-6,8-10,12H2,(H,26,27)/t14?,18-/m0/s1. The molecule has 4 rings (SSSR count). The van der Waals surface area contributed by atoms with Crippen molar-refractivity contribution in [1.82, 2.24) is 14.7 Å². The summed E-state index contributed by atoms with van der Waals surface area (Å²) in [4.78, 5) is 25.9. The summed E-state index contributed by atoms with van der Waals surface area (Å²) in [6, 6.07) is 7.84. The summed E-state index contributed by atoms with van der Waals surface area (Å²) < 4.78 is 20.9. The molecule has 0 aliphatic carbocycles. The molecule has 1 N–H and O–H groups in total. The van der Waals surface area contributed by atoms with Gasteiger partial charge in [0.15, 0.2) is 5.69 Å². The van der Waals surface area contributed by atoms with Gasteiger partial charge in [-0.1, -0.05) is 12.1 Å². The number of para-hydroxylation sites is 1. The lowest BCUT2D eigenvalue weighted by atomic mass is 9.84. The molecular formula is C20H22FN3O4. The summed E-state index contributed by atoms with van der Waals surface area (Å²) in [7, 11) is 0. The van der Waals surface area contributed by atoms with Crippen LogP contribution in [0, 0.1) is 17.7 Å². The van der Waals surface area contributed by atoms with Crippen LogP contribution in [-0.4, -0.2) is 57.5 Å². The van der Waals surface area contributed by atoms with Crippen LogP contribution in [0.25, 0.3) is 5.69 Å². The van der Waals surface area contributed by atoms with Crippen LogP contribution in [-0.2, 0) is 9.53 Å². The smallest absolute Gasteiger partial charge is 0.309 e. The van der Waals surface area contributed by atoms with Crippen molar-refractivity contribution in [2.24, 2.45) is 11.8 Å². The molecule has 1 amide bonds. The molecule has 0 radical (unpaired) electrons. The van der Waals surface area contributed by atoms with Crippen LogP contribution in [0.5, 0.6) is 0 Å². The lowest BCUT2D eigenvalue weighted by molar-refractivity contribution is -0.145. The molecule has 0 spiro atoms. The van der Waals surface area contributed by atoms with E-state index < -0.39 is 17.7 Å². The molecular weight excluding hydrogens is 365 g/mol. The molecule has 7 nitrogen and oxygen atoms in total. The Morgan fingerprint density at radius 2 is 1.89 bits per heavy atom. The number of carboxylic acid groups (broad SMARTS) is 1. The molecule has 148 valence electrons. The number of nitrogens with zero attached hydrogens (tertiary/aromatic N) is 3. The van der Waals surface area contributed by atoms with Gasteiger partial charge in [0.2, 0.25) is 0 Å². The Morgan fingerprint density at radius 3 is 2.61 bits per heavy atom. The van der Waals surface area contributed by atoms with Gasteiger partial charge in [0, 0.05) is 25.9 Å². The number of piperidine rings is 1. The molecule has 2 aromatic rings. The van der Waals surface area contributed by atoms with E-state index in [4.69, 9.17) is 4.74 Å². The third kappa shape index (κ3) is 3.52. The highest BCUT2D eigenvalue weighted by atomic mass is 19.1. The zero-order chi connectivity index (χ0) is 19.7. The summed E-state index contributed by atoms with van der Waals surface area (Å²) in [5, 5.41) is 13.6. The first-order chi connectivity index (χ1) is 13.5. The van der Waals surface area contributed by atoms with Crippen LogP contribution >= 0.6 is 0 Å². The van der Waals surface area contributed by atoms with Gasteiger partial charge in [-0.25, -0.2) is 9.07 Å². The van der Waals surface area contributed by atoms with Crippen LogP contribution in [0.1, 0.15) is 29.8 Å². The van der Waals surface area contributed by atoms with Gasteiger partial charge < -0.3 is 14.7 Å². The minimum absolute atomic E-state index is 0.142. The molecule has 3 heterocycles. The zero-order valence-corrected chi connectivity index (χ0v) is 15.3. The van der Waals surface area contributed by atoms with Gasteiger partial charge in [0.1, 0.15) is 11.5 Å². The highest BCUT2D eigenvalue weighted by Crippen LogP contribution is 2.33. The van der Waals surface area contributed by atoms with E-state index >= 15 is 0 Å². The fourth-order valence-corrected chi connectivity index (χ4v) is 4.14. The van der Waals surface area contributed by atoms with Crippen molar-refractivity contribution in [1.29, 1.82) is 0 Å². The third-order valence-corrected chi connectivity index (χ3v) is 5.65. The second-order valence-corrected chi connectivity index (χ2v) is 7.30. The van der Waals surface area contributed by atoms with E-state index in [1.165, 1.54) is 10.7 Å². The summed E-state index contributed by atoms with van der Waals surface area (Å²) in [6.07, 6.45) is 3.26. The molecule has 1 aromatic carbocycles. The van der Waals surface area contributed by atoms with E-state index in [0.717, 1.165) is 0 Å². The van der Waals surface area contributed by atoms with Gasteiger partial charge in [-0.15, -0.1) is 0 Å². The highest BCUT2D eigenvalue weighted by Gasteiger charge is 2.41. The first kappa shape index (κ1) is 18.6. The average molecular weight is 387 g/mol. The van der Waals surface area contributed by atoms with Crippen molar-refractivity contribution < 1.29 is 23.8 Å². The summed E-state index contributed by atoms with van der Waals surface area (Å²) in [5.41, 5.74) is 0.556. The van der Waals surface area contributed by atoms with Crippen molar-refractivity contribution in [2.45, 2.75) is 25.4 Å². The van der Waals surface area contributed by atoms with Crippen LogP contribution in [0.4, 0.5) is 4.39 Å². The van der Waals surface area contributed by atoms with Gasteiger partial charge in [-0.2, -0.15) is 5.10 Å². The molecule has 1 aromatic heterocycles. The Hall–Kier alpha value is -2.74. The SMILES string of the molecule is O=C(O)C1CCO[C@H]1C1CCN(C(=O)c2ccn(-c3ccccc3F)n2)CC1. The summed E-state index contributed by atoms with van der Waals surface area (Å²) in [6.45, 7) is 1.54. The monoisotopic (exact) mass is 387 g/mol. The van der Waals surface area contributed by atoms with Gasteiger partial charge in [-0.3, -0.25) is 9.59 Å². The van der Waals surface area contributed by atoms with Crippen molar-refractivity contribution in [3.05, 3.63) is 48.0 Å². The maximum Gasteiger partial charge on any atom is 0.309 e. The molecule has 0 saturated carbocycles. The van der Waals surface area contributed by atoms with Gasteiger partial charge in [0.25, 0.3) is 5.91 Å². The van der Waals surface area contributed by atoms with Crippen LogP contribution < -0.4 is 0 Å². The molecule has 2 fully saturated rings. The van der Waals surface area contributed by atoms with E-state index in [1.54, 1.807) is 35.4 Å². The molecule has 8 heteroatoms. The fraction of sp³-hybridized carbons (Fsp3) is 0.450. The molecule has 2 atom stereocenters. The number of amides is 1. The van der Waals surface area contributed by atoms with Crippen molar-refractivity contribution in [3.8, 4) is 5.69 Å². The van der Waals surface area contributed by atoms with Crippen LogP contribution in [0.2, 0.25) is 0 Å². The topological polar surface area (TPSA) is 84.7 Å². The Morgan fingerprint density at radius 1 is 1.14 bits per heavy atom. The normalized spacial score (nSPS) is 23.1. The number of halogens is 1. The number of aromatic nitrogens is 2. The average Bonchev–Trinajstić information content (AvgIpc) is 3.38. The molecule has 28 heavy (non-hydrogen) atoms. The first-order valence-corrected chi connectivity index (χ1v) is 9.49. The first-order valence-electron chi connectivity index (χ1n) is 9.49. The fourth-order valence-electron chi connectivity index (χ4n) is 4.14. The number of aliphatic carboxylic acids is 1. The number of carbonyl (C=O) groups excluding carboxylic acids is 1. The summed E-state index contributed by atoms with van der Waals surface area (Å²) >= 11 is 0. The number of benzene rings is 1. The second-order valence-electron chi connectivity index (χ2n) is 7.30. The van der Waals surface area contributed by atoms with Crippen LogP contribution in [0.15, 0.2) is 36.5 Å². The van der Waals surface area contributed by atoms with E-state index in [2.05, 4.69) is 5.10 Å². The Labute approximate surface area is 161 Å². The minimum Gasteiger partial charge on any atom is -0.481 e. The predicted molar refractivity (Wildman–Crippen MR) is 97.6 cm³/mol. The Kier molecular flexibility index (Phi) is 5.13. The summed E-state index contributed by atoms with van der Waals surface area (Å²) in [5.74, 6) is -1.72. The molecule has 2 aliphatic rings. The second kappa shape index (κ2) is 7.71. The van der Waals surface area contributed by atoms with Gasteiger partial charge in [-0.05, 0) is 43.4 Å². The largest absolute Gasteiger partial charge is 0.481 e. The number of hydrogen-bond acceptors (Lipinski definition) is 4. The zero-order valence-electron chi connectivity index (χ0n) is 15.3. The number of hydrogen-bond donors (Lipinski definition) is 1. The number of rotatable bonds is 4. The highest BCUT2D eigenvalue weighted by molar-refractivity contribution is 5.92. The quantitative estimate of drug-likeness (QED) is 0.871. The third-order valence-electron chi connectivity index (χ3n) is 5.65. The molecule has 2 aliphatic heterocycles. The van der Waals surface area contributed by atoms with Crippen molar-refractivity contribution in [2.75, 3.05) is 19.7 Å². The molecule has 2 saturated heterocycles. The minimum atomic E-state index is -0.806. The maximum absolute atomic E-state index is 13.9. The van der Waals surface area contributed by atoms with E-state index in [0.29, 0.717) is 44.6 Å². The van der Waals surface area contributed by atoms with Crippen molar-refractivity contribution >= 4 is 11.9 Å². The number of ether oxygens (including phenoxy) is 1. The van der Waals surface area contributed by atoms with E-state index in [1.807, 2.05) is 0 Å². The molecule has 0 bridgehead atoms. The van der Waals surface area contributed by atoms with Gasteiger partial charge >= 0.3 is 5.97 Å². The Bertz CT molecular complexity index is 876. The van der Waals surface area contributed by atoms with Crippen molar-refractivity contribution in [3.63, 3.8) is 0 Å². The predicted octanol–water partition coefficient (Wildman–Crippen LogP) is 2.35. The number of carboxylic acids is 1. The Balaban J connectivity index is 1.40. The maximum atomic E-state index is 13.9.